The Morgan fingerprint density at radius 1 is 1.03 bits per heavy atom. The van der Waals surface area contributed by atoms with E-state index in [2.05, 4.69) is 34.3 Å². The van der Waals surface area contributed by atoms with Crippen LogP contribution in [0.2, 0.25) is 0 Å². The number of fused-ring (bicyclic) bond motifs is 2. The number of nitrogens with zero attached hydrogens (tertiary/aromatic N) is 3. The molecule has 3 aliphatic rings. The van der Waals surface area contributed by atoms with E-state index in [9.17, 15) is 0 Å². The molecule has 2 aliphatic heterocycles. The Morgan fingerprint density at radius 2 is 1.88 bits per heavy atom. The zero-order valence-electron chi connectivity index (χ0n) is 20.5. The maximum atomic E-state index is 6.22. The highest BCUT2D eigenvalue weighted by molar-refractivity contribution is 5.96. The molecule has 2 saturated heterocycles. The summed E-state index contributed by atoms with van der Waals surface area (Å²) >= 11 is 0. The minimum Gasteiger partial charge on any atom is -0.493 e. The van der Waals surface area contributed by atoms with Crippen molar-refractivity contribution in [2.45, 2.75) is 63.8 Å². The summed E-state index contributed by atoms with van der Waals surface area (Å²) in [5, 5.41) is 5.14. The van der Waals surface area contributed by atoms with Gasteiger partial charge in [0.2, 0.25) is 0 Å². The molecule has 0 radical (unpaired) electrons. The van der Waals surface area contributed by atoms with Crippen molar-refractivity contribution < 1.29 is 9.47 Å². The molecule has 2 aromatic rings. The second kappa shape index (κ2) is 10.5. The molecule has 1 aromatic heterocycles. The fraction of sp³-hybridized carbons (Fsp3) is 0.667. The van der Waals surface area contributed by atoms with E-state index in [1.54, 1.807) is 7.11 Å². The second-order valence-electron chi connectivity index (χ2n) is 10.1. The lowest BCUT2D eigenvalue weighted by Crippen LogP contribution is -2.33. The Hall–Kier alpha value is -2.05. The first kappa shape index (κ1) is 22.7. The maximum Gasteiger partial charge on any atom is 0.163 e. The third-order valence-corrected chi connectivity index (χ3v) is 7.60. The Morgan fingerprint density at radius 3 is 2.73 bits per heavy atom. The molecule has 0 amide bonds. The Bertz CT molecular complexity index is 957. The summed E-state index contributed by atoms with van der Waals surface area (Å²) in [6.45, 7) is 6.59. The molecule has 0 spiro atoms. The average Bonchev–Trinajstić information content (AvgIpc) is 3.46. The molecule has 33 heavy (non-hydrogen) atoms. The van der Waals surface area contributed by atoms with Crippen molar-refractivity contribution in [3.63, 3.8) is 0 Å². The molecule has 2 fully saturated rings. The molecule has 180 valence electrons. The van der Waals surface area contributed by atoms with Crippen molar-refractivity contribution >= 4 is 16.6 Å². The number of rotatable bonds is 8. The zero-order valence-corrected chi connectivity index (χ0v) is 20.5. The van der Waals surface area contributed by atoms with Gasteiger partial charge in [-0.05, 0) is 89.7 Å². The fourth-order valence-electron chi connectivity index (χ4n) is 5.84. The van der Waals surface area contributed by atoms with Gasteiger partial charge in [0.25, 0.3) is 0 Å². The Kier molecular flexibility index (Phi) is 7.21. The van der Waals surface area contributed by atoms with Crippen molar-refractivity contribution in [1.29, 1.82) is 0 Å². The molecule has 3 heterocycles. The van der Waals surface area contributed by atoms with Crippen LogP contribution in [-0.2, 0) is 12.8 Å². The lowest BCUT2D eigenvalue weighted by molar-refractivity contribution is 0.254. The lowest BCUT2D eigenvalue weighted by atomic mass is 10.0. The predicted molar refractivity (Wildman–Crippen MR) is 135 cm³/mol. The number of aromatic nitrogens is 1. The molecule has 0 saturated carbocycles. The van der Waals surface area contributed by atoms with Gasteiger partial charge in [-0.15, -0.1) is 0 Å². The molecule has 0 unspecified atom stereocenters. The van der Waals surface area contributed by atoms with E-state index in [0.717, 1.165) is 49.4 Å². The van der Waals surface area contributed by atoms with Gasteiger partial charge in [-0.3, -0.25) is 4.98 Å². The van der Waals surface area contributed by atoms with Crippen LogP contribution in [-0.4, -0.2) is 74.3 Å². The van der Waals surface area contributed by atoms with Crippen LogP contribution in [0, 0.1) is 0 Å². The number of hydrogen-bond acceptors (Lipinski definition) is 6. The predicted octanol–water partition coefficient (Wildman–Crippen LogP) is 4.49. The van der Waals surface area contributed by atoms with Gasteiger partial charge >= 0.3 is 0 Å². The highest BCUT2D eigenvalue weighted by Gasteiger charge is 2.24. The third-order valence-electron chi connectivity index (χ3n) is 7.60. The number of aryl methyl sites for hydroxylation is 1. The van der Waals surface area contributed by atoms with E-state index in [-0.39, 0.29) is 0 Å². The molecule has 0 bridgehead atoms. The van der Waals surface area contributed by atoms with Crippen molar-refractivity contribution in [1.82, 2.24) is 14.8 Å². The van der Waals surface area contributed by atoms with Gasteiger partial charge in [0.05, 0.1) is 19.2 Å². The number of nitrogens with one attached hydrogen (secondary N) is 1. The number of likely N-dealkylation sites (tertiary alicyclic amines) is 2. The largest absolute Gasteiger partial charge is 0.493 e. The summed E-state index contributed by atoms with van der Waals surface area (Å²) in [7, 11) is 3.98. The number of benzene rings is 1. The average molecular weight is 453 g/mol. The Balaban J connectivity index is 1.39. The van der Waals surface area contributed by atoms with Crippen LogP contribution < -0.4 is 14.8 Å². The summed E-state index contributed by atoms with van der Waals surface area (Å²) in [4.78, 5) is 10.1. The number of ether oxygens (including phenoxy) is 2. The lowest BCUT2D eigenvalue weighted by Gasteiger charge is -2.25. The van der Waals surface area contributed by atoms with Crippen molar-refractivity contribution in [2.24, 2.45) is 0 Å². The minimum atomic E-state index is 0.473. The third kappa shape index (κ3) is 5.22. The van der Waals surface area contributed by atoms with E-state index in [0.29, 0.717) is 12.6 Å². The fourth-order valence-corrected chi connectivity index (χ4v) is 5.84. The van der Waals surface area contributed by atoms with E-state index in [4.69, 9.17) is 14.5 Å². The van der Waals surface area contributed by atoms with Gasteiger partial charge in [-0.25, -0.2) is 0 Å². The molecular formula is C27H40N4O2. The highest BCUT2D eigenvalue weighted by atomic mass is 16.5. The molecule has 1 aliphatic carbocycles. The van der Waals surface area contributed by atoms with Crippen molar-refractivity contribution in [3.05, 3.63) is 23.4 Å². The van der Waals surface area contributed by atoms with E-state index in [1.165, 1.54) is 80.5 Å². The van der Waals surface area contributed by atoms with Crippen LogP contribution in [0.25, 0.3) is 10.9 Å². The van der Waals surface area contributed by atoms with Gasteiger partial charge in [-0.2, -0.15) is 0 Å². The summed E-state index contributed by atoms with van der Waals surface area (Å²) in [6, 6.07) is 4.73. The van der Waals surface area contributed by atoms with Gasteiger partial charge in [0.15, 0.2) is 11.5 Å². The van der Waals surface area contributed by atoms with Crippen molar-refractivity contribution in [3.8, 4) is 11.5 Å². The summed E-state index contributed by atoms with van der Waals surface area (Å²) in [6.07, 6.45) is 10.9. The van der Waals surface area contributed by atoms with Gasteiger partial charge in [0.1, 0.15) is 0 Å². The van der Waals surface area contributed by atoms with Crippen molar-refractivity contribution in [2.75, 3.05) is 58.8 Å². The standard InChI is InChI=1S/C27H40N4O2/c1-30-12-4-3-9-20(19-30)28-27-21-10-7-11-23(21)29-24-18-26(25(32-2)17-22(24)27)33-16-8-15-31-13-5-6-14-31/h17-18,20H,3-16,19H2,1-2H3,(H,28,29)/t20-/m1/s1. The quantitative estimate of drug-likeness (QED) is 0.596. The summed E-state index contributed by atoms with van der Waals surface area (Å²) in [5.74, 6) is 1.63. The Labute approximate surface area is 198 Å². The summed E-state index contributed by atoms with van der Waals surface area (Å²) in [5.41, 5.74) is 4.98. The molecule has 1 N–H and O–H groups in total. The highest BCUT2D eigenvalue weighted by Crippen LogP contribution is 2.40. The SMILES string of the molecule is COc1cc2c(N[C@@H]3CCCCN(C)C3)c3c(nc2cc1OCCCN1CCCC1)CCC3. The van der Waals surface area contributed by atoms with Crippen LogP contribution in [0.3, 0.4) is 0 Å². The minimum absolute atomic E-state index is 0.473. The molecule has 5 rings (SSSR count). The molecule has 6 heteroatoms. The molecular weight excluding hydrogens is 412 g/mol. The number of methoxy groups -OCH3 is 1. The van der Waals surface area contributed by atoms with Gasteiger partial charge in [-0.1, -0.05) is 6.42 Å². The molecule has 1 atom stereocenters. The van der Waals surface area contributed by atoms with Crippen LogP contribution in [0.4, 0.5) is 5.69 Å². The van der Waals surface area contributed by atoms with E-state index >= 15 is 0 Å². The van der Waals surface area contributed by atoms with Gasteiger partial charge < -0.3 is 24.6 Å². The smallest absolute Gasteiger partial charge is 0.163 e. The second-order valence-corrected chi connectivity index (χ2v) is 10.1. The number of anilines is 1. The van der Waals surface area contributed by atoms with E-state index in [1.807, 2.05) is 0 Å². The first-order chi connectivity index (χ1) is 16.2. The van der Waals surface area contributed by atoms with Crippen LogP contribution >= 0.6 is 0 Å². The normalized spacial score (nSPS) is 21.8. The van der Waals surface area contributed by atoms with Gasteiger partial charge in [0, 0.05) is 42.0 Å². The topological polar surface area (TPSA) is 49.9 Å². The van der Waals surface area contributed by atoms with E-state index < -0.39 is 0 Å². The number of hydrogen-bond donors (Lipinski definition) is 1. The van der Waals surface area contributed by atoms with Crippen LogP contribution in [0.5, 0.6) is 11.5 Å². The number of likely N-dealkylation sites (N-methyl/N-ethyl adjacent to an activating group) is 1. The first-order valence-electron chi connectivity index (χ1n) is 13.0. The van der Waals surface area contributed by atoms with Crippen LogP contribution in [0.15, 0.2) is 12.1 Å². The maximum absolute atomic E-state index is 6.22. The number of pyridine rings is 1. The molecule has 1 aromatic carbocycles. The zero-order chi connectivity index (χ0) is 22.6. The molecule has 6 nitrogen and oxygen atoms in total. The monoisotopic (exact) mass is 452 g/mol. The summed E-state index contributed by atoms with van der Waals surface area (Å²) < 4.78 is 12.0. The first-order valence-corrected chi connectivity index (χ1v) is 13.0. The van der Waals surface area contributed by atoms with Crippen LogP contribution in [0.1, 0.15) is 56.2 Å².